The van der Waals surface area contributed by atoms with Gasteiger partial charge in [-0.1, -0.05) is 29.8 Å². The third-order valence-corrected chi connectivity index (χ3v) is 3.46. The summed E-state index contributed by atoms with van der Waals surface area (Å²) in [6.45, 7) is 4.32. The highest BCUT2D eigenvalue weighted by atomic mass is 79.9. The topological polar surface area (TPSA) is 17.8 Å². The van der Waals surface area contributed by atoms with Crippen LogP contribution in [-0.4, -0.2) is 14.6 Å². The van der Waals surface area contributed by atoms with Crippen molar-refractivity contribution in [2.75, 3.05) is 0 Å². The van der Waals surface area contributed by atoms with Gasteiger partial charge in [0.2, 0.25) is 0 Å². The molecule has 0 aliphatic carbocycles. The van der Waals surface area contributed by atoms with Gasteiger partial charge in [0.1, 0.15) is 0 Å². The van der Waals surface area contributed by atoms with Crippen molar-refractivity contribution < 1.29 is 0 Å². The molecule has 2 atom stereocenters. The second-order valence-corrected chi connectivity index (χ2v) is 5.27. The minimum atomic E-state index is 0.462. The molecule has 1 aromatic rings. The first-order valence-electron chi connectivity index (χ1n) is 3.85. The lowest BCUT2D eigenvalue weighted by atomic mass is 10.1. The fraction of sp³-hybridized carbons (Fsp3) is 0.625. The average molecular weight is 296 g/mol. The van der Waals surface area contributed by atoms with Gasteiger partial charge in [-0.15, -0.1) is 0 Å². The molecule has 2 unspecified atom stereocenters. The van der Waals surface area contributed by atoms with Crippen molar-refractivity contribution in [3.05, 3.63) is 16.4 Å². The molecule has 0 aliphatic rings. The van der Waals surface area contributed by atoms with E-state index in [-0.39, 0.29) is 0 Å². The third kappa shape index (κ3) is 1.91. The smallest absolute Gasteiger partial charge is 0.0635 e. The molecule has 0 fully saturated rings. The molecule has 1 aromatic heterocycles. The van der Waals surface area contributed by atoms with Gasteiger partial charge in [0.05, 0.1) is 16.4 Å². The van der Waals surface area contributed by atoms with Gasteiger partial charge in [-0.25, -0.2) is 0 Å². The van der Waals surface area contributed by atoms with Crippen LogP contribution in [0.2, 0.25) is 0 Å². The van der Waals surface area contributed by atoms with Gasteiger partial charge in [0.25, 0.3) is 0 Å². The number of aryl methyl sites for hydroxylation is 1. The molecular formula is C8H12Br2N2. The van der Waals surface area contributed by atoms with Gasteiger partial charge < -0.3 is 0 Å². The average Bonchev–Trinajstić information content (AvgIpc) is 2.30. The predicted octanol–water partition coefficient (Wildman–Crippen LogP) is 3.07. The normalized spacial score (nSPS) is 16.1. The van der Waals surface area contributed by atoms with Gasteiger partial charge in [0.15, 0.2) is 0 Å². The molecule has 0 saturated heterocycles. The maximum Gasteiger partial charge on any atom is 0.0635 e. The van der Waals surface area contributed by atoms with E-state index in [0.717, 1.165) is 4.47 Å². The molecule has 0 N–H and O–H groups in total. The van der Waals surface area contributed by atoms with E-state index in [0.29, 0.717) is 10.7 Å². The molecule has 4 heteroatoms. The molecule has 0 spiro atoms. The molecule has 0 aliphatic heterocycles. The van der Waals surface area contributed by atoms with Gasteiger partial charge in [-0.2, -0.15) is 5.10 Å². The summed E-state index contributed by atoms with van der Waals surface area (Å²) in [5.74, 6) is 0.465. The number of halogens is 2. The van der Waals surface area contributed by atoms with E-state index in [1.54, 1.807) is 0 Å². The Labute approximate surface area is 89.6 Å². The number of nitrogens with zero attached hydrogens (tertiary/aromatic N) is 2. The third-order valence-electron chi connectivity index (χ3n) is 2.06. The maximum absolute atomic E-state index is 4.17. The molecule has 0 saturated carbocycles. The summed E-state index contributed by atoms with van der Waals surface area (Å²) in [6, 6.07) is 0. The SMILES string of the molecule is CC(Br)C(C)c1c(Br)cnn1C. The molecule has 0 bridgehead atoms. The summed E-state index contributed by atoms with van der Waals surface area (Å²) in [4.78, 5) is 0.462. The lowest BCUT2D eigenvalue weighted by Gasteiger charge is -2.14. The van der Waals surface area contributed by atoms with Crippen molar-refractivity contribution in [2.45, 2.75) is 24.6 Å². The van der Waals surface area contributed by atoms with Crippen LogP contribution in [0.3, 0.4) is 0 Å². The van der Waals surface area contributed by atoms with E-state index in [2.05, 4.69) is 50.8 Å². The Balaban J connectivity index is 3.00. The highest BCUT2D eigenvalue weighted by Gasteiger charge is 2.17. The number of hydrogen-bond acceptors (Lipinski definition) is 1. The van der Waals surface area contributed by atoms with Crippen molar-refractivity contribution in [3.63, 3.8) is 0 Å². The Kier molecular flexibility index (Phi) is 3.35. The van der Waals surface area contributed by atoms with Gasteiger partial charge in [0, 0.05) is 17.8 Å². The largest absolute Gasteiger partial charge is 0.271 e. The summed E-state index contributed by atoms with van der Waals surface area (Å²) in [7, 11) is 1.96. The molecule has 1 rings (SSSR count). The number of rotatable bonds is 2. The predicted molar refractivity (Wildman–Crippen MR) is 57.7 cm³/mol. The van der Waals surface area contributed by atoms with E-state index < -0.39 is 0 Å². The quantitative estimate of drug-likeness (QED) is 0.767. The zero-order valence-electron chi connectivity index (χ0n) is 7.38. The lowest BCUT2D eigenvalue weighted by molar-refractivity contribution is 0.635. The minimum absolute atomic E-state index is 0.462. The van der Waals surface area contributed by atoms with Crippen LogP contribution in [0, 0.1) is 0 Å². The molecule has 12 heavy (non-hydrogen) atoms. The van der Waals surface area contributed by atoms with E-state index in [1.807, 2.05) is 17.9 Å². The zero-order chi connectivity index (χ0) is 9.30. The maximum atomic E-state index is 4.17. The Morgan fingerprint density at radius 3 is 2.42 bits per heavy atom. The van der Waals surface area contributed by atoms with Crippen LogP contribution in [0.15, 0.2) is 10.7 Å². The summed E-state index contributed by atoms with van der Waals surface area (Å²) < 4.78 is 3.00. The highest BCUT2D eigenvalue weighted by Crippen LogP contribution is 2.29. The van der Waals surface area contributed by atoms with Crippen molar-refractivity contribution in [1.29, 1.82) is 0 Å². The monoisotopic (exact) mass is 294 g/mol. The molecular weight excluding hydrogens is 284 g/mol. The molecule has 68 valence electrons. The standard InChI is InChI=1S/C8H12Br2N2/c1-5(6(2)9)8-7(10)4-11-12(8)3/h4-6H,1-3H3. The fourth-order valence-corrected chi connectivity index (χ4v) is 2.11. The second-order valence-electron chi connectivity index (χ2n) is 2.97. The molecule has 0 radical (unpaired) electrons. The van der Waals surface area contributed by atoms with Crippen LogP contribution in [0.25, 0.3) is 0 Å². The van der Waals surface area contributed by atoms with E-state index in [9.17, 15) is 0 Å². The first-order chi connectivity index (χ1) is 5.54. The van der Waals surface area contributed by atoms with Crippen molar-refractivity contribution in [1.82, 2.24) is 9.78 Å². The number of hydrogen-bond donors (Lipinski definition) is 0. The minimum Gasteiger partial charge on any atom is -0.271 e. The summed E-state index contributed by atoms with van der Waals surface area (Å²) in [6.07, 6.45) is 1.83. The van der Waals surface area contributed by atoms with Crippen molar-refractivity contribution in [2.24, 2.45) is 7.05 Å². The Hall–Kier alpha value is 0.170. The number of aromatic nitrogens is 2. The van der Waals surface area contributed by atoms with E-state index >= 15 is 0 Å². The number of alkyl halides is 1. The van der Waals surface area contributed by atoms with Crippen LogP contribution in [-0.2, 0) is 7.05 Å². The van der Waals surface area contributed by atoms with E-state index in [1.165, 1.54) is 5.69 Å². The van der Waals surface area contributed by atoms with Gasteiger partial charge >= 0.3 is 0 Å². The van der Waals surface area contributed by atoms with Crippen LogP contribution in [0.1, 0.15) is 25.5 Å². The summed E-state index contributed by atoms with van der Waals surface area (Å²) >= 11 is 7.05. The molecule has 2 nitrogen and oxygen atoms in total. The van der Waals surface area contributed by atoms with Gasteiger partial charge in [-0.05, 0) is 15.9 Å². The van der Waals surface area contributed by atoms with Crippen LogP contribution in [0.4, 0.5) is 0 Å². The Morgan fingerprint density at radius 1 is 1.50 bits per heavy atom. The zero-order valence-corrected chi connectivity index (χ0v) is 10.6. The van der Waals surface area contributed by atoms with Crippen LogP contribution < -0.4 is 0 Å². The first kappa shape index (κ1) is 10.3. The molecule has 0 aromatic carbocycles. The summed E-state index contributed by atoms with van der Waals surface area (Å²) in [5.41, 5.74) is 1.24. The Bertz CT molecular complexity index is 249. The fourth-order valence-electron chi connectivity index (χ4n) is 1.15. The Morgan fingerprint density at radius 2 is 2.08 bits per heavy atom. The first-order valence-corrected chi connectivity index (χ1v) is 5.56. The van der Waals surface area contributed by atoms with Gasteiger partial charge in [-0.3, -0.25) is 4.68 Å². The lowest BCUT2D eigenvalue weighted by Crippen LogP contribution is -2.10. The van der Waals surface area contributed by atoms with E-state index in [4.69, 9.17) is 0 Å². The molecule has 0 amide bonds. The molecule has 1 heterocycles. The van der Waals surface area contributed by atoms with Crippen molar-refractivity contribution >= 4 is 31.9 Å². The highest BCUT2D eigenvalue weighted by molar-refractivity contribution is 9.10. The second kappa shape index (κ2) is 3.92. The van der Waals surface area contributed by atoms with Crippen LogP contribution in [0.5, 0.6) is 0 Å². The van der Waals surface area contributed by atoms with Crippen molar-refractivity contribution in [3.8, 4) is 0 Å². The van der Waals surface area contributed by atoms with Crippen LogP contribution >= 0.6 is 31.9 Å². The summed E-state index contributed by atoms with van der Waals surface area (Å²) in [5, 5.41) is 4.17.